The van der Waals surface area contributed by atoms with Crippen molar-refractivity contribution in [1.29, 1.82) is 0 Å². The number of hydrogen-bond acceptors (Lipinski definition) is 7. The molecule has 4 unspecified atom stereocenters. The number of ether oxygens (including phenoxy) is 2. The minimum absolute atomic E-state index is 0.0646. The highest BCUT2D eigenvalue weighted by molar-refractivity contribution is 5.94. The Morgan fingerprint density at radius 3 is 2.72 bits per heavy atom. The molecule has 36 heavy (non-hydrogen) atoms. The zero-order valence-electron chi connectivity index (χ0n) is 20.4. The number of fused-ring (bicyclic) bond motifs is 1. The molecule has 1 aliphatic heterocycles. The van der Waals surface area contributed by atoms with Crippen LogP contribution in [0.5, 0.6) is 0 Å². The van der Waals surface area contributed by atoms with E-state index in [1.807, 2.05) is 13.0 Å². The third kappa shape index (κ3) is 4.34. The van der Waals surface area contributed by atoms with E-state index in [4.69, 9.17) is 9.47 Å². The number of nitrogens with one attached hydrogen (secondary N) is 1. The Hall–Kier alpha value is -3.75. The van der Waals surface area contributed by atoms with E-state index in [0.29, 0.717) is 31.2 Å². The van der Waals surface area contributed by atoms with Crippen molar-refractivity contribution in [3.05, 3.63) is 75.9 Å². The summed E-state index contributed by atoms with van der Waals surface area (Å²) in [5.74, 6) is -1.30. The number of amides is 1. The van der Waals surface area contributed by atoms with Crippen molar-refractivity contribution in [2.45, 2.75) is 51.2 Å². The number of hydrogen-bond donors (Lipinski definition) is 1. The monoisotopic (exact) mass is 494 g/mol. The lowest BCUT2D eigenvalue weighted by molar-refractivity contribution is -0.385. The van der Waals surface area contributed by atoms with Crippen LogP contribution in [-0.4, -0.2) is 41.5 Å². The molecule has 2 fully saturated rings. The highest BCUT2D eigenvalue weighted by atomic mass is 16.6. The molecule has 3 aliphatic rings. The van der Waals surface area contributed by atoms with Crippen LogP contribution in [0.15, 0.2) is 60.2 Å². The largest absolute Gasteiger partial charge is 0.458 e. The molecule has 1 amide bonds. The minimum Gasteiger partial charge on any atom is -0.458 e. The number of benzene rings is 1. The number of nitro groups is 1. The summed E-state index contributed by atoms with van der Waals surface area (Å²) in [7, 11) is 0. The first-order valence-corrected chi connectivity index (χ1v) is 12.0. The second kappa shape index (κ2) is 9.72. The Morgan fingerprint density at radius 1 is 1.31 bits per heavy atom. The van der Waals surface area contributed by atoms with Gasteiger partial charge in [0.15, 0.2) is 0 Å². The second-order valence-electron chi connectivity index (χ2n) is 10.1. The van der Waals surface area contributed by atoms with Gasteiger partial charge >= 0.3 is 11.9 Å². The number of esters is 2. The van der Waals surface area contributed by atoms with Crippen molar-refractivity contribution in [3.8, 4) is 0 Å². The molecule has 1 N–H and O–H groups in total. The fourth-order valence-electron chi connectivity index (χ4n) is 6.34. The summed E-state index contributed by atoms with van der Waals surface area (Å²) in [6.45, 7) is 8.57. The van der Waals surface area contributed by atoms with E-state index in [1.54, 1.807) is 18.2 Å². The van der Waals surface area contributed by atoms with Gasteiger partial charge in [-0.3, -0.25) is 14.9 Å². The van der Waals surface area contributed by atoms with Crippen LogP contribution in [0, 0.1) is 27.4 Å². The first kappa shape index (κ1) is 25.3. The SMILES string of the molecule is C=C1CC[C@H]2C(C)(CCC(OC(=O)c3ccccc3[N+](=O)[O-])C2(C)NC=O)C1/C=C/C1=CCOC1=O. The van der Waals surface area contributed by atoms with E-state index < -0.39 is 22.5 Å². The summed E-state index contributed by atoms with van der Waals surface area (Å²) in [5.41, 5.74) is -0.144. The lowest BCUT2D eigenvalue weighted by Crippen LogP contribution is -2.66. The summed E-state index contributed by atoms with van der Waals surface area (Å²) in [5, 5.41) is 14.4. The van der Waals surface area contributed by atoms with Crippen LogP contribution in [0.1, 0.15) is 49.9 Å². The Morgan fingerprint density at radius 2 is 2.06 bits per heavy atom. The molecule has 0 aromatic heterocycles. The molecule has 9 nitrogen and oxygen atoms in total. The predicted octanol–water partition coefficient (Wildman–Crippen LogP) is 4.05. The maximum atomic E-state index is 13.0. The topological polar surface area (TPSA) is 125 Å². The molecule has 1 aromatic rings. The molecule has 0 radical (unpaired) electrons. The Bertz CT molecular complexity index is 1170. The van der Waals surface area contributed by atoms with Gasteiger partial charge in [0.25, 0.3) is 5.69 Å². The van der Waals surface area contributed by atoms with Gasteiger partial charge in [-0.25, -0.2) is 9.59 Å². The molecule has 5 atom stereocenters. The van der Waals surface area contributed by atoms with Crippen LogP contribution < -0.4 is 5.32 Å². The Balaban J connectivity index is 1.63. The molecule has 1 aromatic carbocycles. The fraction of sp³-hybridized carbons (Fsp3) is 0.444. The Kier molecular flexibility index (Phi) is 6.84. The molecule has 4 rings (SSSR count). The van der Waals surface area contributed by atoms with Crippen molar-refractivity contribution < 1.29 is 28.8 Å². The highest BCUT2D eigenvalue weighted by Gasteiger charge is 2.59. The molecule has 1 heterocycles. The summed E-state index contributed by atoms with van der Waals surface area (Å²) < 4.78 is 10.9. The smallest absolute Gasteiger partial charge is 0.345 e. The molecule has 2 aliphatic carbocycles. The molecular formula is C27H30N2O7. The van der Waals surface area contributed by atoms with Crippen LogP contribution in [0.4, 0.5) is 5.69 Å². The third-order valence-corrected chi connectivity index (χ3v) is 8.20. The van der Waals surface area contributed by atoms with Crippen LogP contribution >= 0.6 is 0 Å². The van der Waals surface area contributed by atoms with E-state index in [-0.39, 0.29) is 41.1 Å². The standard InChI is InChI=1S/C27H30N2O7/c1-17-8-11-22-26(2,20(17)10-9-18-13-15-35-24(18)31)14-12-23(27(22,3)28-16-30)36-25(32)19-6-4-5-7-21(19)29(33)34/h4-7,9-10,13,16,20,22-23H,1,8,11-12,14-15H2,2-3H3,(H,28,30)/b10-9+/t20?,22-,23?,26?,27?/m0/s1. The van der Waals surface area contributed by atoms with Gasteiger partial charge in [0.05, 0.1) is 16.0 Å². The van der Waals surface area contributed by atoms with Crippen molar-refractivity contribution >= 4 is 24.0 Å². The van der Waals surface area contributed by atoms with Crippen LogP contribution in [-0.2, 0) is 19.1 Å². The quantitative estimate of drug-likeness (QED) is 0.199. The summed E-state index contributed by atoms with van der Waals surface area (Å²) in [4.78, 5) is 47.5. The number of allylic oxidation sites excluding steroid dienone is 2. The number of rotatable bonds is 7. The third-order valence-electron chi connectivity index (χ3n) is 8.20. The molecule has 0 saturated heterocycles. The van der Waals surface area contributed by atoms with Gasteiger partial charge in [0, 0.05) is 12.0 Å². The van der Waals surface area contributed by atoms with E-state index in [0.717, 1.165) is 12.0 Å². The van der Waals surface area contributed by atoms with Gasteiger partial charge < -0.3 is 14.8 Å². The van der Waals surface area contributed by atoms with Gasteiger partial charge in [0.2, 0.25) is 6.41 Å². The van der Waals surface area contributed by atoms with E-state index >= 15 is 0 Å². The first-order chi connectivity index (χ1) is 17.1. The van der Waals surface area contributed by atoms with E-state index in [9.17, 15) is 24.5 Å². The van der Waals surface area contributed by atoms with Gasteiger partial charge in [-0.2, -0.15) is 0 Å². The van der Waals surface area contributed by atoms with Crippen molar-refractivity contribution in [2.75, 3.05) is 6.61 Å². The van der Waals surface area contributed by atoms with Gasteiger partial charge in [-0.15, -0.1) is 0 Å². The molecule has 2 saturated carbocycles. The van der Waals surface area contributed by atoms with Crippen molar-refractivity contribution in [3.63, 3.8) is 0 Å². The maximum Gasteiger partial charge on any atom is 0.345 e. The predicted molar refractivity (Wildman–Crippen MR) is 131 cm³/mol. The van der Waals surface area contributed by atoms with Gasteiger partial charge in [-0.05, 0) is 56.1 Å². The normalized spacial score (nSPS) is 31.8. The van der Waals surface area contributed by atoms with Crippen molar-refractivity contribution in [1.82, 2.24) is 5.32 Å². The summed E-state index contributed by atoms with van der Waals surface area (Å²) in [6, 6.07) is 5.66. The van der Waals surface area contributed by atoms with E-state index in [1.165, 1.54) is 18.2 Å². The lowest BCUT2D eigenvalue weighted by atomic mass is 9.48. The zero-order valence-corrected chi connectivity index (χ0v) is 20.4. The Labute approximate surface area is 209 Å². The maximum absolute atomic E-state index is 13.0. The van der Waals surface area contributed by atoms with Gasteiger partial charge in [0.1, 0.15) is 18.3 Å². The summed E-state index contributed by atoms with van der Waals surface area (Å²) in [6.07, 6.45) is 7.99. The van der Waals surface area contributed by atoms with Gasteiger partial charge in [-0.1, -0.05) is 43.4 Å². The summed E-state index contributed by atoms with van der Waals surface area (Å²) >= 11 is 0. The number of nitro benzene ring substituents is 1. The lowest BCUT2D eigenvalue weighted by Gasteiger charge is -2.59. The minimum atomic E-state index is -0.910. The van der Waals surface area contributed by atoms with Crippen LogP contribution in [0.2, 0.25) is 0 Å². The second-order valence-corrected chi connectivity index (χ2v) is 10.1. The first-order valence-electron chi connectivity index (χ1n) is 12.0. The van der Waals surface area contributed by atoms with Crippen molar-refractivity contribution in [2.24, 2.45) is 17.3 Å². The molecule has 0 bridgehead atoms. The molecule has 190 valence electrons. The number of para-hydroxylation sites is 1. The number of nitrogens with zero attached hydrogens (tertiary/aromatic N) is 1. The number of cyclic esters (lactones) is 1. The average molecular weight is 495 g/mol. The van der Waals surface area contributed by atoms with Crippen LogP contribution in [0.25, 0.3) is 0 Å². The number of carbonyl (C=O) groups excluding carboxylic acids is 3. The molecule has 9 heteroatoms. The zero-order chi connectivity index (χ0) is 26.1. The number of carbonyl (C=O) groups is 3. The highest BCUT2D eigenvalue weighted by Crippen LogP contribution is 2.59. The van der Waals surface area contributed by atoms with Crippen LogP contribution in [0.3, 0.4) is 0 Å². The average Bonchev–Trinajstić information content (AvgIpc) is 3.25. The molecule has 0 spiro atoms. The van der Waals surface area contributed by atoms with E-state index in [2.05, 4.69) is 18.8 Å². The fourth-order valence-corrected chi connectivity index (χ4v) is 6.34. The molecular weight excluding hydrogens is 464 g/mol.